The molecule has 0 aliphatic carbocycles. The summed E-state index contributed by atoms with van der Waals surface area (Å²) in [6.07, 6.45) is 5.24. The normalized spacial score (nSPS) is 28.0. The first kappa shape index (κ1) is 83.8. The minimum absolute atomic E-state index is 0.0727. The van der Waals surface area contributed by atoms with Crippen LogP contribution in [0.1, 0.15) is 202 Å². The van der Waals surface area contributed by atoms with Gasteiger partial charge in [-0.3, -0.25) is 37.5 Å². The van der Waals surface area contributed by atoms with E-state index in [4.69, 9.17) is 51.5 Å². The highest BCUT2D eigenvalue weighted by molar-refractivity contribution is 7.48. The van der Waals surface area contributed by atoms with Crippen LogP contribution in [0.25, 0.3) is 0 Å². The fourth-order valence-electron chi connectivity index (χ4n) is 10.9. The van der Waals surface area contributed by atoms with Crippen LogP contribution < -0.4 is 10.6 Å². The molecule has 0 saturated carbocycles. The lowest BCUT2D eigenvalue weighted by Gasteiger charge is -2.49. The highest BCUT2D eigenvalue weighted by Crippen LogP contribution is 2.49. The number of allylic oxidation sites excluding steroid dienone is 3. The molecule has 93 heavy (non-hydrogen) atoms. The fraction of sp³-hybridized carbons (Fsp3) is 0.862. The molecule has 3 fully saturated rings. The van der Waals surface area contributed by atoms with Gasteiger partial charge in [0.05, 0.1) is 45.1 Å². The molecule has 0 aromatic heterocycles. The minimum Gasteiger partial charge on any atom is -0.461 e. The Kier molecular flexibility index (Phi) is 43.5. The van der Waals surface area contributed by atoms with Gasteiger partial charge in [-0.2, -0.15) is 0 Å². The summed E-state index contributed by atoms with van der Waals surface area (Å²) in [5.74, 6) is -2.48. The van der Waals surface area contributed by atoms with Gasteiger partial charge in [0.25, 0.3) is 0 Å². The van der Waals surface area contributed by atoms with Crippen molar-refractivity contribution >= 4 is 37.4 Å². The SMILES string of the molecule is C/C=C\C(CCCCCC)C(=O)OC[C@@H](COP(=O)(OC)OCCCC(=O)CCCCC(=O)NCCCO[C@@H]1O[C@@H](CO)[C@@H](O[C@@H]2OC(CO)[C@H](O)[C@H](O)C2O[C@@H]2OC(C)[C@@H](O)[C@H](O)C2O)C(O)C1NC(C)=O)OC(=O)CCCCCCC/C=C\CCCCCCCC. The number of carbonyl (C=O) groups is 5. The van der Waals surface area contributed by atoms with Crippen LogP contribution in [-0.4, -0.2) is 222 Å². The zero-order valence-corrected chi connectivity index (χ0v) is 56.8. The largest absolute Gasteiger partial charge is 0.474 e. The van der Waals surface area contributed by atoms with Crippen LogP contribution >= 0.6 is 7.82 Å². The Morgan fingerprint density at radius 1 is 0.602 bits per heavy atom. The first-order valence-electron chi connectivity index (χ1n) is 34.0. The number of esters is 2. The third-order valence-corrected chi connectivity index (χ3v) is 17.8. The van der Waals surface area contributed by atoms with Crippen molar-refractivity contribution in [2.75, 3.05) is 53.3 Å². The zero-order valence-electron chi connectivity index (χ0n) is 55.9. The van der Waals surface area contributed by atoms with E-state index in [9.17, 15) is 69.4 Å². The molecule has 0 bridgehead atoms. The molecule has 2 amide bonds. The second-order valence-electron chi connectivity index (χ2n) is 24.3. The third kappa shape index (κ3) is 32.2. The zero-order chi connectivity index (χ0) is 68.6. The number of aliphatic hydroxyl groups excluding tert-OH is 8. The maximum atomic E-state index is 13.5. The molecular weight excluding hydrogens is 1240 g/mol. The first-order chi connectivity index (χ1) is 44.7. The van der Waals surface area contributed by atoms with Crippen LogP contribution in [0.2, 0.25) is 0 Å². The van der Waals surface area contributed by atoms with Crippen LogP contribution in [0.4, 0.5) is 0 Å². The summed E-state index contributed by atoms with van der Waals surface area (Å²) in [6, 6.07) is -1.34. The summed E-state index contributed by atoms with van der Waals surface area (Å²) in [5.41, 5.74) is 0. The average Bonchev–Trinajstić information content (AvgIpc) is 1.05. The van der Waals surface area contributed by atoms with Gasteiger partial charge >= 0.3 is 19.8 Å². The molecule has 3 aliphatic rings. The molecule has 0 radical (unpaired) electrons. The molecule has 3 aliphatic heterocycles. The molecule has 3 heterocycles. The number of hydrogen-bond acceptors (Lipinski definition) is 25. The molecule has 10 N–H and O–H groups in total. The van der Waals surface area contributed by atoms with Gasteiger partial charge in [-0.05, 0) is 78.1 Å². The number of phosphoric acid groups is 1. The van der Waals surface area contributed by atoms with Crippen molar-refractivity contribution in [3.63, 3.8) is 0 Å². The first-order valence-corrected chi connectivity index (χ1v) is 35.5. The molecule has 28 heteroatoms. The Morgan fingerprint density at radius 3 is 1.85 bits per heavy atom. The van der Waals surface area contributed by atoms with E-state index in [0.717, 1.165) is 71.3 Å². The summed E-state index contributed by atoms with van der Waals surface area (Å²) in [5, 5.41) is 90.2. The number of aliphatic hydroxyl groups is 8. The lowest BCUT2D eigenvalue weighted by atomic mass is 9.95. The number of ketones is 1. The fourth-order valence-corrected chi connectivity index (χ4v) is 11.9. The van der Waals surface area contributed by atoms with E-state index < -0.39 is 150 Å². The predicted molar refractivity (Wildman–Crippen MR) is 339 cm³/mol. The van der Waals surface area contributed by atoms with Gasteiger partial charge in [0.2, 0.25) is 11.8 Å². The molecule has 540 valence electrons. The predicted octanol–water partition coefficient (Wildman–Crippen LogP) is 5.48. The Balaban J connectivity index is 1.41. The van der Waals surface area contributed by atoms with E-state index in [1.807, 2.05) is 6.92 Å². The van der Waals surface area contributed by atoms with E-state index in [2.05, 4.69) is 36.6 Å². The van der Waals surface area contributed by atoms with Gasteiger partial charge in [0, 0.05) is 46.3 Å². The van der Waals surface area contributed by atoms with Gasteiger partial charge in [0.15, 0.2) is 25.0 Å². The van der Waals surface area contributed by atoms with E-state index in [-0.39, 0.29) is 76.6 Å². The summed E-state index contributed by atoms with van der Waals surface area (Å²) in [6.45, 7) is 6.22. The van der Waals surface area contributed by atoms with E-state index >= 15 is 0 Å². The number of Topliss-reactive ketones (excluding diaryl/α,β-unsaturated/α-hetero) is 1. The number of carbonyl (C=O) groups excluding carboxylic acids is 5. The van der Waals surface area contributed by atoms with Crippen LogP contribution in [0.5, 0.6) is 0 Å². The maximum Gasteiger partial charge on any atom is 0.474 e. The van der Waals surface area contributed by atoms with Crippen molar-refractivity contribution in [3.8, 4) is 0 Å². The summed E-state index contributed by atoms with van der Waals surface area (Å²) < 4.78 is 75.9. The summed E-state index contributed by atoms with van der Waals surface area (Å²) in [4.78, 5) is 64.1. The maximum absolute atomic E-state index is 13.5. The highest BCUT2D eigenvalue weighted by Gasteiger charge is 2.54. The standard InChI is InChI=1S/C65H115N2O25P/c1-7-10-12-14-15-16-17-18-19-20-21-22-23-24-26-36-52(73)88-48(42-84-62(80)46(31-9-3)32-25-13-11-8-2)43-86-93(81,82-6)85-39-29-34-47(71)33-27-28-35-51(72)66-37-30-38-83-63-53(67-45(5)70)56(76)60(50(41-69)90-63)91-65-61(58(78)55(75)49(40-68)89-65)92-64-59(79)57(77)54(74)44(4)87-64/h9,18-19,31,44,46,48-50,53-61,63-65,68-69,74-79H,7-8,10-17,20-30,32-43H2,1-6H3,(H,66,72)(H,67,70)/b19-18-,31-9-/t44?,46?,48-,49?,50-,53?,54+,55-,56?,57-,58-,59?,60+,61?,63+,64-,65-,93?/m0/s1. The second kappa shape index (κ2) is 48.3. The lowest BCUT2D eigenvalue weighted by Crippen LogP contribution is -2.68. The number of ether oxygens (including phenoxy) is 8. The number of nitrogens with one attached hydrogen (secondary N) is 2. The van der Waals surface area contributed by atoms with E-state index in [0.29, 0.717) is 25.7 Å². The monoisotopic (exact) mass is 1350 g/mol. The van der Waals surface area contributed by atoms with Crippen molar-refractivity contribution in [1.29, 1.82) is 0 Å². The van der Waals surface area contributed by atoms with Gasteiger partial charge in [-0.1, -0.05) is 115 Å². The van der Waals surface area contributed by atoms with Crippen LogP contribution in [-0.2, 0) is 80.0 Å². The molecule has 18 atom stereocenters. The summed E-state index contributed by atoms with van der Waals surface area (Å²) >= 11 is 0. The van der Waals surface area contributed by atoms with E-state index in [1.54, 1.807) is 12.2 Å². The molecule has 3 saturated heterocycles. The Bertz CT molecular complexity index is 2180. The molecule has 3 rings (SSSR count). The number of hydrogen-bond donors (Lipinski definition) is 10. The van der Waals surface area contributed by atoms with E-state index in [1.165, 1.54) is 52.4 Å². The highest BCUT2D eigenvalue weighted by atomic mass is 31.2. The van der Waals surface area contributed by atoms with Gasteiger partial charge in [-0.15, -0.1) is 0 Å². The molecule has 8 unspecified atom stereocenters. The Labute approximate surface area is 550 Å². The number of phosphoric ester groups is 1. The molecule has 0 spiro atoms. The van der Waals surface area contributed by atoms with Crippen LogP contribution in [0, 0.1) is 5.92 Å². The van der Waals surface area contributed by atoms with Crippen molar-refractivity contribution in [3.05, 3.63) is 24.3 Å². The van der Waals surface area contributed by atoms with Gasteiger partial charge < -0.3 is 89.4 Å². The van der Waals surface area contributed by atoms with Crippen molar-refractivity contribution in [1.82, 2.24) is 10.6 Å². The number of rotatable bonds is 51. The smallest absolute Gasteiger partial charge is 0.461 e. The topological polar surface area (TPSA) is 390 Å². The molecule has 27 nitrogen and oxygen atoms in total. The third-order valence-electron chi connectivity index (χ3n) is 16.4. The van der Waals surface area contributed by atoms with Crippen molar-refractivity contribution in [2.24, 2.45) is 5.92 Å². The van der Waals surface area contributed by atoms with Crippen LogP contribution in [0.3, 0.4) is 0 Å². The molecule has 0 aromatic rings. The average molecular weight is 1360 g/mol. The summed E-state index contributed by atoms with van der Waals surface area (Å²) in [7, 11) is -3.07. The van der Waals surface area contributed by atoms with Crippen LogP contribution in [0.15, 0.2) is 24.3 Å². The van der Waals surface area contributed by atoms with Gasteiger partial charge in [0.1, 0.15) is 79.5 Å². The Hall–Kier alpha value is -3.42. The quantitative estimate of drug-likeness (QED) is 0.0156. The minimum atomic E-state index is -4.21. The number of unbranched alkanes of at least 4 members (excludes halogenated alkanes) is 15. The molecule has 0 aromatic carbocycles. The second-order valence-corrected chi connectivity index (χ2v) is 26.0. The van der Waals surface area contributed by atoms with Crippen molar-refractivity contribution in [2.45, 2.75) is 300 Å². The van der Waals surface area contributed by atoms with Crippen molar-refractivity contribution < 1.29 is 121 Å². The lowest BCUT2D eigenvalue weighted by molar-refractivity contribution is -0.382. The Morgan fingerprint density at radius 2 is 1.20 bits per heavy atom. The molecular formula is C65H115N2O25P. The number of amides is 2. The van der Waals surface area contributed by atoms with Gasteiger partial charge in [-0.25, -0.2) is 4.57 Å².